The Balaban J connectivity index is 1.37. The van der Waals surface area contributed by atoms with E-state index in [0.717, 1.165) is 18.4 Å². The SMILES string of the molecule is O=P(O)(O)C(F)(F)P(=O)(O)OC[C@H]1C[C@@H](n2nnc3c(N[C@H]4CCc5ccccc54)nc(Cl)nc32)[C@H](O)[C@@H]1O. The first-order valence-electron chi connectivity index (χ1n) is 11.6. The van der Waals surface area contributed by atoms with Crippen molar-refractivity contribution >= 4 is 43.8 Å². The fourth-order valence-corrected chi connectivity index (χ4v) is 7.15. The summed E-state index contributed by atoms with van der Waals surface area (Å²) in [6.45, 7) is -1.02. The van der Waals surface area contributed by atoms with E-state index in [9.17, 15) is 33.0 Å². The average molecular weight is 611 g/mol. The molecule has 0 amide bonds. The Kier molecular flexibility index (Phi) is 7.32. The summed E-state index contributed by atoms with van der Waals surface area (Å²) >= 11 is 6.16. The molecule has 2 aliphatic rings. The summed E-state index contributed by atoms with van der Waals surface area (Å²) in [5.41, 5.74) is 2.60. The van der Waals surface area contributed by atoms with Crippen LogP contribution in [0.4, 0.5) is 14.6 Å². The molecule has 212 valence electrons. The highest BCUT2D eigenvalue weighted by molar-refractivity contribution is 7.72. The maximum atomic E-state index is 13.8. The second-order valence-electron chi connectivity index (χ2n) is 9.40. The third-order valence-electron chi connectivity index (χ3n) is 6.98. The van der Waals surface area contributed by atoms with E-state index in [1.807, 2.05) is 24.3 Å². The number of benzene rings is 1. The molecule has 1 unspecified atom stereocenters. The van der Waals surface area contributed by atoms with Gasteiger partial charge in [-0.05, 0) is 42.0 Å². The highest BCUT2D eigenvalue weighted by Gasteiger charge is 2.65. The number of hydrogen-bond donors (Lipinski definition) is 6. The zero-order valence-corrected chi connectivity index (χ0v) is 22.3. The van der Waals surface area contributed by atoms with Crippen LogP contribution in [0.3, 0.4) is 0 Å². The molecule has 6 atom stereocenters. The molecular weight excluding hydrogens is 588 g/mol. The molecule has 1 fully saturated rings. The number of nitrogens with one attached hydrogen (secondary N) is 1. The lowest BCUT2D eigenvalue weighted by Gasteiger charge is -2.24. The van der Waals surface area contributed by atoms with E-state index >= 15 is 0 Å². The van der Waals surface area contributed by atoms with Crippen LogP contribution in [0.5, 0.6) is 0 Å². The van der Waals surface area contributed by atoms with Crippen LogP contribution in [-0.4, -0.2) is 74.1 Å². The number of aliphatic hydroxyl groups is 2. The molecule has 1 aromatic carbocycles. The predicted octanol–water partition coefficient (Wildman–Crippen LogP) is 2.19. The molecule has 5 rings (SSSR count). The van der Waals surface area contributed by atoms with E-state index < -0.39 is 51.4 Å². The Bertz CT molecular complexity index is 1510. The van der Waals surface area contributed by atoms with Crippen LogP contribution in [0, 0.1) is 5.92 Å². The number of hydrogen-bond acceptors (Lipinski definition) is 10. The quantitative estimate of drug-likeness (QED) is 0.160. The normalized spacial score (nSPS) is 27.0. The minimum Gasteiger partial charge on any atom is -0.390 e. The molecule has 2 heterocycles. The maximum Gasteiger partial charge on any atom is 0.443 e. The van der Waals surface area contributed by atoms with Crippen LogP contribution in [0.2, 0.25) is 5.28 Å². The molecule has 39 heavy (non-hydrogen) atoms. The van der Waals surface area contributed by atoms with Crippen molar-refractivity contribution in [2.75, 3.05) is 11.9 Å². The van der Waals surface area contributed by atoms with Crippen molar-refractivity contribution in [2.24, 2.45) is 5.92 Å². The summed E-state index contributed by atoms with van der Waals surface area (Å²) in [5.74, 6) is -0.908. The number of halogens is 3. The number of nitrogens with zero attached hydrogens (tertiary/aromatic N) is 5. The van der Waals surface area contributed by atoms with E-state index in [-0.39, 0.29) is 34.7 Å². The van der Waals surface area contributed by atoms with Gasteiger partial charge >= 0.3 is 20.6 Å². The van der Waals surface area contributed by atoms with Gasteiger partial charge in [-0.15, -0.1) is 5.10 Å². The van der Waals surface area contributed by atoms with Gasteiger partial charge in [-0.2, -0.15) is 18.7 Å². The Labute approximate surface area is 223 Å². The van der Waals surface area contributed by atoms with Crippen LogP contribution in [0.1, 0.15) is 36.1 Å². The third kappa shape index (κ3) is 4.98. The summed E-state index contributed by atoms with van der Waals surface area (Å²) in [5, 5.41) is 27.0. The number of aromatic nitrogens is 5. The zero-order valence-electron chi connectivity index (χ0n) is 19.7. The number of rotatable bonds is 8. The standard InChI is InChI=1S/C20H23ClF2N6O8P2/c21-19-25-17(24-12-6-5-9-3-1-2-4-11(9)12)14-18(26-19)29(28-27-14)13-7-10(15(30)16(13)31)8-37-39(35,36)20(22,23)38(32,33)34/h1-4,10,12-13,15-16,30-31H,5-8H2,(H,35,36)(H,24,25,26)(H2,32,33,34)/t10-,12+,13-,15-,16+/m1/s1. The first-order chi connectivity index (χ1) is 18.2. The Morgan fingerprint density at radius 2 is 1.87 bits per heavy atom. The minimum absolute atomic E-state index is 0.0820. The fourth-order valence-electron chi connectivity index (χ4n) is 4.95. The van der Waals surface area contributed by atoms with Crippen molar-refractivity contribution in [2.45, 2.75) is 49.0 Å². The lowest BCUT2D eigenvalue weighted by molar-refractivity contribution is -0.00594. The summed E-state index contributed by atoms with van der Waals surface area (Å²) in [4.78, 5) is 35.3. The summed E-state index contributed by atoms with van der Waals surface area (Å²) in [7, 11) is -12.5. The molecule has 3 aromatic rings. The molecule has 0 aliphatic heterocycles. The topological polar surface area (TPSA) is 213 Å². The van der Waals surface area contributed by atoms with Crippen LogP contribution in [0.25, 0.3) is 11.2 Å². The van der Waals surface area contributed by atoms with Crippen LogP contribution < -0.4 is 5.32 Å². The molecule has 2 aromatic heterocycles. The smallest absolute Gasteiger partial charge is 0.390 e. The van der Waals surface area contributed by atoms with Gasteiger partial charge in [0.1, 0.15) is 6.10 Å². The maximum absolute atomic E-state index is 13.8. The van der Waals surface area contributed by atoms with Gasteiger partial charge in [0.2, 0.25) is 5.28 Å². The molecule has 14 nitrogen and oxygen atoms in total. The Hall–Kier alpha value is -2.13. The van der Waals surface area contributed by atoms with Crippen molar-refractivity contribution in [3.05, 3.63) is 40.7 Å². The number of aryl methyl sites for hydroxylation is 1. The summed E-state index contributed by atoms with van der Waals surface area (Å²) in [6, 6.07) is 6.79. The van der Waals surface area contributed by atoms with Gasteiger partial charge in [-0.1, -0.05) is 29.5 Å². The van der Waals surface area contributed by atoms with Gasteiger partial charge in [0, 0.05) is 5.92 Å². The highest BCUT2D eigenvalue weighted by Crippen LogP contribution is 2.73. The van der Waals surface area contributed by atoms with Crippen LogP contribution in [0.15, 0.2) is 24.3 Å². The van der Waals surface area contributed by atoms with Crippen molar-refractivity contribution in [1.82, 2.24) is 25.0 Å². The van der Waals surface area contributed by atoms with Gasteiger partial charge in [-0.3, -0.25) is 9.13 Å². The van der Waals surface area contributed by atoms with Crippen LogP contribution >= 0.6 is 26.8 Å². The molecule has 0 radical (unpaired) electrons. The molecule has 0 saturated heterocycles. The van der Waals surface area contributed by atoms with Gasteiger partial charge in [0.25, 0.3) is 0 Å². The molecule has 19 heteroatoms. The third-order valence-corrected chi connectivity index (χ3v) is 10.6. The number of alkyl halides is 2. The monoisotopic (exact) mass is 610 g/mol. The van der Waals surface area contributed by atoms with E-state index in [1.54, 1.807) is 0 Å². The average Bonchev–Trinajstić information content (AvgIpc) is 3.54. The molecule has 6 N–H and O–H groups in total. The second-order valence-corrected chi connectivity index (χ2v) is 13.6. The lowest BCUT2D eigenvalue weighted by atomic mass is 10.1. The van der Waals surface area contributed by atoms with E-state index in [1.165, 1.54) is 10.2 Å². The minimum atomic E-state index is -6.34. The van der Waals surface area contributed by atoms with Gasteiger partial charge < -0.3 is 34.7 Å². The first-order valence-corrected chi connectivity index (χ1v) is 15.2. The highest BCUT2D eigenvalue weighted by atomic mass is 35.5. The Morgan fingerprint density at radius 1 is 1.15 bits per heavy atom. The predicted molar refractivity (Wildman–Crippen MR) is 131 cm³/mol. The molecule has 2 aliphatic carbocycles. The van der Waals surface area contributed by atoms with Crippen molar-refractivity contribution in [3.63, 3.8) is 0 Å². The first kappa shape index (κ1) is 28.4. The molecule has 1 saturated carbocycles. The molecule has 0 bridgehead atoms. The second kappa shape index (κ2) is 10.1. The van der Waals surface area contributed by atoms with E-state index in [0.29, 0.717) is 0 Å². The largest absolute Gasteiger partial charge is 0.443 e. The van der Waals surface area contributed by atoms with Gasteiger partial charge in [0.15, 0.2) is 17.0 Å². The number of fused-ring (bicyclic) bond motifs is 2. The van der Waals surface area contributed by atoms with Crippen molar-refractivity contribution < 1.29 is 47.3 Å². The van der Waals surface area contributed by atoms with Crippen molar-refractivity contribution in [1.29, 1.82) is 0 Å². The van der Waals surface area contributed by atoms with Gasteiger partial charge in [0.05, 0.1) is 24.8 Å². The van der Waals surface area contributed by atoms with E-state index in [4.69, 9.17) is 21.4 Å². The van der Waals surface area contributed by atoms with E-state index in [2.05, 4.69) is 30.1 Å². The fraction of sp³-hybridized carbons (Fsp3) is 0.500. The number of aliphatic hydroxyl groups excluding tert-OH is 2. The zero-order chi connectivity index (χ0) is 28.3. The molecular formula is C20H23ClF2N6O8P2. The van der Waals surface area contributed by atoms with Gasteiger partial charge in [-0.25, -0.2) is 4.68 Å². The van der Waals surface area contributed by atoms with Crippen molar-refractivity contribution in [3.8, 4) is 0 Å². The van der Waals surface area contributed by atoms with Crippen LogP contribution in [-0.2, 0) is 20.1 Å². The lowest BCUT2D eigenvalue weighted by Crippen LogP contribution is -2.31. The Morgan fingerprint density at radius 3 is 2.59 bits per heavy atom. The number of anilines is 1. The molecule has 0 spiro atoms. The summed E-state index contributed by atoms with van der Waals surface area (Å²) < 4.78 is 55.9. The summed E-state index contributed by atoms with van der Waals surface area (Å²) in [6.07, 6.45) is -1.75.